The van der Waals surface area contributed by atoms with Crippen molar-refractivity contribution in [1.29, 1.82) is 0 Å². The van der Waals surface area contributed by atoms with E-state index in [1.165, 1.54) is 0 Å². The summed E-state index contributed by atoms with van der Waals surface area (Å²) in [5, 5.41) is 4.07. The number of fused-ring (bicyclic) bond motifs is 5. The average molecular weight is 691 g/mol. The van der Waals surface area contributed by atoms with Crippen molar-refractivity contribution in [2.45, 2.75) is 18.7 Å². The van der Waals surface area contributed by atoms with Crippen molar-refractivity contribution < 1.29 is 13.3 Å². The molecular weight excluding hydrogens is 663 g/mol. The number of hydrogen-bond acceptors (Lipinski definition) is 4. The zero-order chi connectivity index (χ0) is 29.8. The van der Waals surface area contributed by atoms with E-state index < -0.39 is 0 Å². The van der Waals surface area contributed by atoms with Crippen molar-refractivity contribution in [3.05, 3.63) is 112 Å². The van der Waals surface area contributed by atoms with Gasteiger partial charge in [0.1, 0.15) is 33.9 Å². The van der Waals surface area contributed by atoms with E-state index in [2.05, 4.69) is 84.3 Å². The topological polar surface area (TPSA) is 39.4 Å². The molecule has 0 N–H and O–H groups in total. The summed E-state index contributed by atoms with van der Waals surface area (Å²) in [4.78, 5) is 0.867. The molecule has 4 aromatic carbocycles. The first-order chi connectivity index (χ1) is 21.0. The summed E-state index contributed by atoms with van der Waals surface area (Å²) in [5.41, 5.74) is 9.01. The molecule has 7 aromatic rings. The standard InChI is InChI=1S/C38H27IO3S/c1-5-11-25-29(7-3)40-36-23(24-18-20-32(43)35-27-13-9-10-14-31(27)42-38(24)35)16-15-21(33(25)36)22-17-19-28(39)34-26(12-6-2)30(8-4)41-37(22)34/h5-20,43H,3-4H2,1-2H3/b11-5-,12-6-. The maximum absolute atomic E-state index is 6.64. The van der Waals surface area contributed by atoms with E-state index in [4.69, 9.17) is 25.9 Å². The molecule has 210 valence electrons. The van der Waals surface area contributed by atoms with Crippen LogP contribution in [0.15, 0.2) is 104 Å². The summed E-state index contributed by atoms with van der Waals surface area (Å²) < 4.78 is 20.7. The predicted octanol–water partition coefficient (Wildman–Crippen LogP) is 12.7. The molecule has 0 radical (unpaired) electrons. The number of hydrogen-bond donors (Lipinski definition) is 1. The molecule has 0 aliphatic carbocycles. The van der Waals surface area contributed by atoms with Gasteiger partial charge in [0.2, 0.25) is 0 Å². The molecule has 0 spiro atoms. The molecule has 3 nitrogen and oxygen atoms in total. The fourth-order valence-electron chi connectivity index (χ4n) is 6.09. The van der Waals surface area contributed by atoms with Gasteiger partial charge >= 0.3 is 0 Å². The number of rotatable bonds is 6. The molecule has 7 rings (SSSR count). The quantitative estimate of drug-likeness (QED) is 0.139. The SMILES string of the molecule is C=Cc1oc2c(-c3ccc(-c4ccc(S)c5c4oc4ccccc45)c4oc(C=C)c(/C=C\C)c34)ccc(I)c2c1/C=C\C. The second kappa shape index (κ2) is 10.8. The summed E-state index contributed by atoms with van der Waals surface area (Å²) in [6, 6.07) is 20.7. The highest BCUT2D eigenvalue weighted by Gasteiger charge is 2.25. The summed E-state index contributed by atoms with van der Waals surface area (Å²) >= 11 is 7.18. The fraction of sp³-hybridized carbons (Fsp3) is 0.0526. The molecule has 0 bridgehead atoms. The zero-order valence-electron chi connectivity index (χ0n) is 23.7. The third-order valence-electron chi connectivity index (χ3n) is 7.88. The molecule has 0 amide bonds. The van der Waals surface area contributed by atoms with Crippen molar-refractivity contribution in [1.82, 2.24) is 0 Å². The molecule has 0 atom stereocenters. The zero-order valence-corrected chi connectivity index (χ0v) is 26.8. The molecule has 0 aliphatic heterocycles. The van der Waals surface area contributed by atoms with Gasteiger partial charge in [-0.3, -0.25) is 0 Å². The Morgan fingerprint density at radius 3 is 1.84 bits per heavy atom. The highest BCUT2D eigenvalue weighted by Crippen LogP contribution is 2.47. The van der Waals surface area contributed by atoms with Crippen LogP contribution in [0.4, 0.5) is 0 Å². The molecule has 0 saturated carbocycles. The smallest absolute Gasteiger partial charge is 0.144 e. The largest absolute Gasteiger partial charge is 0.455 e. The minimum absolute atomic E-state index is 0.705. The molecule has 0 fully saturated rings. The van der Waals surface area contributed by atoms with E-state index in [0.717, 1.165) is 91.5 Å². The van der Waals surface area contributed by atoms with Crippen LogP contribution < -0.4 is 0 Å². The Morgan fingerprint density at radius 2 is 1.16 bits per heavy atom. The van der Waals surface area contributed by atoms with Crippen LogP contribution in [-0.4, -0.2) is 0 Å². The van der Waals surface area contributed by atoms with Crippen LogP contribution in [-0.2, 0) is 0 Å². The summed E-state index contributed by atoms with van der Waals surface area (Å²) in [7, 11) is 0. The van der Waals surface area contributed by atoms with Gasteiger partial charge < -0.3 is 13.3 Å². The van der Waals surface area contributed by atoms with Crippen LogP contribution in [0.1, 0.15) is 36.5 Å². The van der Waals surface area contributed by atoms with E-state index in [9.17, 15) is 0 Å². The van der Waals surface area contributed by atoms with Gasteiger partial charge in [0.25, 0.3) is 0 Å². The first kappa shape index (κ1) is 27.6. The lowest BCUT2D eigenvalue weighted by Gasteiger charge is -2.11. The lowest BCUT2D eigenvalue weighted by atomic mass is 9.92. The van der Waals surface area contributed by atoms with E-state index in [0.29, 0.717) is 5.76 Å². The van der Waals surface area contributed by atoms with Gasteiger partial charge in [-0.1, -0.05) is 61.7 Å². The number of benzene rings is 4. The van der Waals surface area contributed by atoms with Gasteiger partial charge in [-0.05, 0) is 90.6 Å². The third-order valence-corrected chi connectivity index (χ3v) is 9.15. The van der Waals surface area contributed by atoms with Gasteiger partial charge in [0.15, 0.2) is 0 Å². The highest BCUT2D eigenvalue weighted by molar-refractivity contribution is 14.1. The molecular formula is C38H27IO3S. The first-order valence-electron chi connectivity index (χ1n) is 14.0. The summed E-state index contributed by atoms with van der Waals surface area (Å²) in [6.07, 6.45) is 11.8. The van der Waals surface area contributed by atoms with Gasteiger partial charge in [0.05, 0.1) is 0 Å². The number of allylic oxidation sites excluding steroid dienone is 2. The normalized spacial score (nSPS) is 12.2. The average Bonchev–Trinajstić information content (AvgIpc) is 3.71. The first-order valence-corrected chi connectivity index (χ1v) is 15.5. The van der Waals surface area contributed by atoms with Crippen molar-refractivity contribution in [3.8, 4) is 22.3 Å². The van der Waals surface area contributed by atoms with Crippen molar-refractivity contribution in [2.24, 2.45) is 0 Å². The highest BCUT2D eigenvalue weighted by atomic mass is 127. The predicted molar refractivity (Wildman–Crippen MR) is 194 cm³/mol. The van der Waals surface area contributed by atoms with E-state index >= 15 is 0 Å². The van der Waals surface area contributed by atoms with E-state index in [1.807, 2.05) is 50.3 Å². The number of halogens is 1. The Morgan fingerprint density at radius 1 is 0.628 bits per heavy atom. The third kappa shape index (κ3) is 4.17. The molecule has 3 heterocycles. The second-order valence-corrected chi connectivity index (χ2v) is 11.9. The lowest BCUT2D eigenvalue weighted by molar-refractivity contribution is 0.604. The number of para-hydroxylation sites is 1. The lowest BCUT2D eigenvalue weighted by Crippen LogP contribution is -1.88. The Kier molecular flexibility index (Phi) is 6.95. The van der Waals surface area contributed by atoms with Crippen molar-refractivity contribution in [2.75, 3.05) is 0 Å². The van der Waals surface area contributed by atoms with Gasteiger partial charge in [-0.2, -0.15) is 0 Å². The minimum atomic E-state index is 0.705. The van der Waals surface area contributed by atoms with Crippen LogP contribution in [0.3, 0.4) is 0 Å². The summed E-state index contributed by atoms with van der Waals surface area (Å²) in [6.45, 7) is 12.1. The van der Waals surface area contributed by atoms with E-state index in [1.54, 1.807) is 12.2 Å². The van der Waals surface area contributed by atoms with Gasteiger partial charge in [0, 0.05) is 57.8 Å². The molecule has 5 heteroatoms. The van der Waals surface area contributed by atoms with Crippen LogP contribution in [0.2, 0.25) is 0 Å². The molecule has 43 heavy (non-hydrogen) atoms. The van der Waals surface area contributed by atoms with Crippen molar-refractivity contribution in [3.63, 3.8) is 0 Å². The Balaban J connectivity index is 1.60. The number of furan rings is 3. The van der Waals surface area contributed by atoms with E-state index in [-0.39, 0.29) is 0 Å². The second-order valence-electron chi connectivity index (χ2n) is 10.3. The Hall–Kier alpha value is -4.20. The molecule has 0 aliphatic rings. The van der Waals surface area contributed by atoms with Gasteiger partial charge in [-0.25, -0.2) is 0 Å². The summed E-state index contributed by atoms with van der Waals surface area (Å²) in [5.74, 6) is 1.45. The maximum Gasteiger partial charge on any atom is 0.144 e. The van der Waals surface area contributed by atoms with Crippen LogP contribution >= 0.6 is 35.2 Å². The van der Waals surface area contributed by atoms with Crippen LogP contribution in [0.25, 0.3) is 90.4 Å². The van der Waals surface area contributed by atoms with Crippen LogP contribution in [0.5, 0.6) is 0 Å². The van der Waals surface area contributed by atoms with Gasteiger partial charge in [-0.15, -0.1) is 12.6 Å². The molecule has 3 aromatic heterocycles. The fourth-order valence-corrected chi connectivity index (χ4v) is 7.10. The Bertz CT molecular complexity index is 2320. The van der Waals surface area contributed by atoms with Crippen LogP contribution in [0, 0.1) is 3.57 Å². The monoisotopic (exact) mass is 690 g/mol. The number of thiol groups is 1. The maximum atomic E-state index is 6.64. The Labute approximate surface area is 268 Å². The minimum Gasteiger partial charge on any atom is -0.455 e. The molecule has 0 unspecified atom stereocenters. The molecule has 0 saturated heterocycles. The van der Waals surface area contributed by atoms with Crippen molar-refractivity contribution >= 4 is 103 Å².